The number of nitrogens with one attached hydrogen (secondary N) is 1. The van der Waals surface area contributed by atoms with E-state index in [1.165, 1.54) is 12.8 Å². The molecular formula is C17H25N3O. The molecule has 114 valence electrons. The summed E-state index contributed by atoms with van der Waals surface area (Å²) in [6, 6.07) is 8.89. The summed E-state index contributed by atoms with van der Waals surface area (Å²) in [5.41, 5.74) is 1.77. The molecule has 1 fully saturated rings. The van der Waals surface area contributed by atoms with E-state index >= 15 is 0 Å². The van der Waals surface area contributed by atoms with Crippen molar-refractivity contribution in [1.29, 1.82) is 5.26 Å². The number of nitriles is 1. The maximum Gasteiger partial charge on any atom is 0.123 e. The highest BCUT2D eigenvalue weighted by Gasteiger charge is 2.20. The highest BCUT2D eigenvalue weighted by atomic mass is 16.5. The third kappa shape index (κ3) is 4.20. The van der Waals surface area contributed by atoms with Gasteiger partial charge in [-0.3, -0.25) is 4.90 Å². The van der Waals surface area contributed by atoms with E-state index in [1.54, 1.807) is 13.2 Å². The smallest absolute Gasteiger partial charge is 0.123 e. The van der Waals surface area contributed by atoms with Crippen LogP contribution in [0.3, 0.4) is 0 Å². The minimum Gasteiger partial charge on any atom is -0.496 e. The van der Waals surface area contributed by atoms with Crippen LogP contribution < -0.4 is 10.1 Å². The van der Waals surface area contributed by atoms with Gasteiger partial charge in [-0.05, 0) is 51.4 Å². The predicted octanol–water partition coefficient (Wildman–Crippen LogP) is 2.53. The second kappa shape index (κ2) is 7.44. The fourth-order valence-corrected chi connectivity index (χ4v) is 2.84. The van der Waals surface area contributed by atoms with Gasteiger partial charge in [0.1, 0.15) is 5.75 Å². The molecule has 0 saturated carbocycles. The lowest BCUT2D eigenvalue weighted by Crippen LogP contribution is -2.40. The van der Waals surface area contributed by atoms with Crippen molar-refractivity contribution >= 4 is 0 Å². The molecule has 0 aromatic heterocycles. The van der Waals surface area contributed by atoms with Gasteiger partial charge in [-0.2, -0.15) is 5.26 Å². The Hall–Kier alpha value is -1.57. The zero-order valence-corrected chi connectivity index (χ0v) is 13.2. The van der Waals surface area contributed by atoms with Crippen LogP contribution in [-0.2, 0) is 6.54 Å². The van der Waals surface area contributed by atoms with E-state index in [-0.39, 0.29) is 0 Å². The van der Waals surface area contributed by atoms with Gasteiger partial charge in [0.05, 0.1) is 18.7 Å². The summed E-state index contributed by atoms with van der Waals surface area (Å²) < 4.78 is 5.44. The Morgan fingerprint density at radius 2 is 2.29 bits per heavy atom. The summed E-state index contributed by atoms with van der Waals surface area (Å²) in [4.78, 5) is 2.45. The molecule has 0 bridgehead atoms. The summed E-state index contributed by atoms with van der Waals surface area (Å²) in [6.45, 7) is 7.42. The Balaban J connectivity index is 2.13. The molecule has 1 N–H and O–H groups in total. The van der Waals surface area contributed by atoms with Crippen molar-refractivity contribution in [3.8, 4) is 11.8 Å². The molecule has 4 heteroatoms. The summed E-state index contributed by atoms with van der Waals surface area (Å²) in [7, 11) is 1.68. The number of hydrogen-bond donors (Lipinski definition) is 1. The fraction of sp³-hybridized carbons (Fsp3) is 0.588. The first-order valence-corrected chi connectivity index (χ1v) is 7.68. The van der Waals surface area contributed by atoms with Crippen LogP contribution in [0.25, 0.3) is 0 Å². The predicted molar refractivity (Wildman–Crippen MR) is 84.3 cm³/mol. The Labute approximate surface area is 127 Å². The molecule has 1 aliphatic heterocycles. The van der Waals surface area contributed by atoms with E-state index in [0.717, 1.165) is 30.9 Å². The standard InChI is InChI=1S/C17H25N3O/c1-13(2)20(12-16-5-4-8-19-16)11-15-9-14(10-18)6-7-17(15)21-3/h6-7,9,13,16,19H,4-5,8,11-12H2,1-3H3. The topological polar surface area (TPSA) is 48.3 Å². The highest BCUT2D eigenvalue weighted by Crippen LogP contribution is 2.23. The van der Waals surface area contributed by atoms with Crippen LogP contribution in [0.4, 0.5) is 0 Å². The zero-order chi connectivity index (χ0) is 15.2. The van der Waals surface area contributed by atoms with E-state index in [4.69, 9.17) is 10.00 Å². The van der Waals surface area contributed by atoms with Gasteiger partial charge in [-0.25, -0.2) is 0 Å². The molecule has 1 aliphatic rings. The largest absolute Gasteiger partial charge is 0.496 e. The lowest BCUT2D eigenvalue weighted by molar-refractivity contribution is 0.192. The molecule has 4 nitrogen and oxygen atoms in total. The minimum atomic E-state index is 0.461. The zero-order valence-electron chi connectivity index (χ0n) is 13.2. The van der Waals surface area contributed by atoms with Gasteiger partial charge in [0.25, 0.3) is 0 Å². The van der Waals surface area contributed by atoms with Crippen molar-refractivity contribution in [3.63, 3.8) is 0 Å². The number of hydrogen-bond acceptors (Lipinski definition) is 4. The summed E-state index contributed by atoms with van der Waals surface area (Å²) in [5, 5.41) is 12.6. The van der Waals surface area contributed by atoms with Crippen LogP contribution in [0.1, 0.15) is 37.8 Å². The lowest BCUT2D eigenvalue weighted by atomic mass is 10.1. The third-order valence-electron chi connectivity index (χ3n) is 4.13. The molecule has 1 aromatic rings. The molecule has 2 rings (SSSR count). The fourth-order valence-electron chi connectivity index (χ4n) is 2.84. The van der Waals surface area contributed by atoms with Crippen LogP contribution in [0.2, 0.25) is 0 Å². The molecule has 0 spiro atoms. The van der Waals surface area contributed by atoms with Gasteiger partial charge in [-0.1, -0.05) is 0 Å². The van der Waals surface area contributed by atoms with Gasteiger partial charge < -0.3 is 10.1 Å². The first kappa shape index (κ1) is 15.8. The van der Waals surface area contributed by atoms with Crippen molar-refractivity contribution in [2.75, 3.05) is 20.2 Å². The SMILES string of the molecule is COc1ccc(C#N)cc1CN(CC1CCCN1)C(C)C. The number of rotatable bonds is 6. The maximum absolute atomic E-state index is 9.08. The van der Waals surface area contributed by atoms with Gasteiger partial charge in [0, 0.05) is 30.7 Å². The summed E-state index contributed by atoms with van der Waals surface area (Å²) in [6.07, 6.45) is 2.52. The first-order chi connectivity index (χ1) is 10.1. The number of nitrogens with zero attached hydrogens (tertiary/aromatic N) is 2. The molecule has 21 heavy (non-hydrogen) atoms. The molecule has 1 heterocycles. The van der Waals surface area contributed by atoms with E-state index < -0.39 is 0 Å². The molecule has 0 radical (unpaired) electrons. The Bertz CT molecular complexity index is 501. The van der Waals surface area contributed by atoms with Gasteiger partial charge in [0.2, 0.25) is 0 Å². The molecule has 1 saturated heterocycles. The van der Waals surface area contributed by atoms with Crippen molar-refractivity contribution in [3.05, 3.63) is 29.3 Å². The molecule has 0 aliphatic carbocycles. The van der Waals surface area contributed by atoms with Crippen LogP contribution in [0.15, 0.2) is 18.2 Å². The third-order valence-corrected chi connectivity index (χ3v) is 4.13. The molecule has 0 amide bonds. The van der Waals surface area contributed by atoms with Crippen molar-refractivity contribution in [2.24, 2.45) is 0 Å². The van der Waals surface area contributed by atoms with E-state index in [9.17, 15) is 0 Å². The second-order valence-corrected chi connectivity index (χ2v) is 5.95. The van der Waals surface area contributed by atoms with Crippen molar-refractivity contribution in [2.45, 2.75) is 45.3 Å². The Morgan fingerprint density at radius 1 is 1.48 bits per heavy atom. The minimum absolute atomic E-state index is 0.461. The molecule has 1 unspecified atom stereocenters. The van der Waals surface area contributed by atoms with Crippen LogP contribution in [0, 0.1) is 11.3 Å². The van der Waals surface area contributed by atoms with E-state index in [1.807, 2.05) is 12.1 Å². The van der Waals surface area contributed by atoms with E-state index in [2.05, 4.69) is 30.1 Å². The number of ether oxygens (including phenoxy) is 1. The van der Waals surface area contributed by atoms with Gasteiger partial charge >= 0.3 is 0 Å². The van der Waals surface area contributed by atoms with E-state index in [0.29, 0.717) is 17.6 Å². The summed E-state index contributed by atoms with van der Waals surface area (Å²) >= 11 is 0. The maximum atomic E-state index is 9.08. The number of methoxy groups -OCH3 is 1. The quantitative estimate of drug-likeness (QED) is 0.873. The number of benzene rings is 1. The van der Waals surface area contributed by atoms with Crippen molar-refractivity contribution < 1.29 is 4.74 Å². The second-order valence-electron chi connectivity index (χ2n) is 5.95. The summed E-state index contributed by atoms with van der Waals surface area (Å²) in [5.74, 6) is 0.860. The first-order valence-electron chi connectivity index (χ1n) is 7.68. The van der Waals surface area contributed by atoms with Crippen molar-refractivity contribution in [1.82, 2.24) is 10.2 Å². The van der Waals surface area contributed by atoms with Gasteiger partial charge in [-0.15, -0.1) is 0 Å². The van der Waals surface area contributed by atoms with Crippen LogP contribution in [0.5, 0.6) is 5.75 Å². The Morgan fingerprint density at radius 3 is 2.86 bits per heavy atom. The molecule has 1 atom stereocenters. The van der Waals surface area contributed by atoms with Crippen LogP contribution in [-0.4, -0.2) is 37.2 Å². The average Bonchev–Trinajstić information content (AvgIpc) is 2.99. The lowest BCUT2D eigenvalue weighted by Gasteiger charge is -2.30. The monoisotopic (exact) mass is 287 g/mol. The highest BCUT2D eigenvalue weighted by molar-refractivity contribution is 5.42. The average molecular weight is 287 g/mol. The molecular weight excluding hydrogens is 262 g/mol. The van der Waals surface area contributed by atoms with Gasteiger partial charge in [0.15, 0.2) is 0 Å². The Kier molecular flexibility index (Phi) is 5.60. The van der Waals surface area contributed by atoms with Crippen LogP contribution >= 0.6 is 0 Å². The molecule has 1 aromatic carbocycles. The normalized spacial score (nSPS) is 18.2.